The molecule has 32 heavy (non-hydrogen) atoms. The van der Waals surface area contributed by atoms with E-state index in [1.807, 2.05) is 12.1 Å². The maximum absolute atomic E-state index is 12.1. The molecule has 1 atom stereocenters. The Morgan fingerprint density at radius 1 is 1.34 bits per heavy atom. The molecule has 0 fully saturated rings. The zero-order valence-corrected chi connectivity index (χ0v) is 21.0. The van der Waals surface area contributed by atoms with Gasteiger partial charge in [-0.15, -0.1) is 0 Å². The molecule has 0 spiro atoms. The van der Waals surface area contributed by atoms with E-state index >= 15 is 0 Å². The number of nitrogens with zero attached hydrogens (tertiary/aromatic N) is 2. The smallest absolute Gasteiger partial charge is 0.277 e. The van der Waals surface area contributed by atoms with E-state index < -0.39 is 0 Å². The molecule has 0 aromatic heterocycles. The zero-order valence-electron chi connectivity index (χ0n) is 19.4. The Bertz CT molecular complexity index is 990. The Labute approximate surface area is 199 Å². The molecule has 172 valence electrons. The van der Waals surface area contributed by atoms with Gasteiger partial charge in [-0.3, -0.25) is 4.79 Å². The van der Waals surface area contributed by atoms with Crippen LogP contribution in [0.4, 0.5) is 5.69 Å². The molecule has 0 saturated carbocycles. The molecule has 1 amide bonds. The van der Waals surface area contributed by atoms with Crippen LogP contribution >= 0.6 is 15.9 Å². The lowest BCUT2D eigenvalue weighted by molar-refractivity contribution is -0.123. The molecule has 7 heteroatoms. The van der Waals surface area contributed by atoms with Gasteiger partial charge in [0.2, 0.25) is 0 Å². The van der Waals surface area contributed by atoms with Crippen LogP contribution in [0.5, 0.6) is 11.5 Å². The van der Waals surface area contributed by atoms with Gasteiger partial charge >= 0.3 is 0 Å². The maximum Gasteiger partial charge on any atom is 0.277 e. The summed E-state index contributed by atoms with van der Waals surface area (Å²) in [5, 5.41) is 4.13. The van der Waals surface area contributed by atoms with Gasteiger partial charge in [0.15, 0.2) is 6.61 Å². The first-order valence-corrected chi connectivity index (χ1v) is 11.7. The van der Waals surface area contributed by atoms with E-state index in [1.54, 1.807) is 25.5 Å². The minimum Gasteiger partial charge on any atom is -0.496 e. The van der Waals surface area contributed by atoms with Crippen LogP contribution in [0, 0.1) is 0 Å². The third-order valence-electron chi connectivity index (χ3n) is 5.74. The lowest BCUT2D eigenvalue weighted by Gasteiger charge is -2.47. The summed E-state index contributed by atoms with van der Waals surface area (Å²) in [6.45, 7) is 9.95. The molecule has 0 radical (unpaired) electrons. The second kappa shape index (κ2) is 10.4. The Morgan fingerprint density at radius 2 is 2.12 bits per heavy atom. The largest absolute Gasteiger partial charge is 0.496 e. The molecule has 0 saturated heterocycles. The van der Waals surface area contributed by atoms with Crippen LogP contribution in [-0.4, -0.2) is 37.9 Å². The van der Waals surface area contributed by atoms with Gasteiger partial charge < -0.3 is 14.4 Å². The summed E-state index contributed by atoms with van der Waals surface area (Å²) in [7, 11) is 1.66. The number of ether oxygens (including phenoxy) is 2. The van der Waals surface area contributed by atoms with Gasteiger partial charge in [-0.2, -0.15) is 5.10 Å². The first-order valence-electron chi connectivity index (χ1n) is 10.9. The van der Waals surface area contributed by atoms with Crippen molar-refractivity contribution in [1.82, 2.24) is 5.43 Å². The van der Waals surface area contributed by atoms with E-state index in [1.165, 1.54) is 11.3 Å². The fourth-order valence-corrected chi connectivity index (χ4v) is 4.74. The van der Waals surface area contributed by atoms with Gasteiger partial charge in [-0.1, -0.05) is 35.8 Å². The minimum absolute atomic E-state index is 0.0886. The number of methoxy groups -OCH3 is 1. The molecule has 1 aliphatic heterocycles. The van der Waals surface area contributed by atoms with Gasteiger partial charge in [0, 0.05) is 33.9 Å². The number of benzene rings is 2. The topological polar surface area (TPSA) is 63.2 Å². The van der Waals surface area contributed by atoms with Crippen LogP contribution in [0.15, 0.2) is 46.0 Å². The quantitative estimate of drug-likeness (QED) is 0.383. The van der Waals surface area contributed by atoms with Crippen LogP contribution in [0.3, 0.4) is 0 Å². The molecule has 3 rings (SSSR count). The van der Waals surface area contributed by atoms with E-state index in [0.717, 1.165) is 35.2 Å². The third kappa shape index (κ3) is 5.63. The lowest BCUT2D eigenvalue weighted by Crippen LogP contribution is -2.48. The van der Waals surface area contributed by atoms with Crippen molar-refractivity contribution in [3.8, 4) is 11.5 Å². The molecule has 1 N–H and O–H groups in total. The number of hydrogen-bond acceptors (Lipinski definition) is 5. The fraction of sp³-hybridized carbons (Fsp3) is 0.440. The van der Waals surface area contributed by atoms with Crippen molar-refractivity contribution in [3.63, 3.8) is 0 Å². The highest BCUT2D eigenvalue weighted by Crippen LogP contribution is 2.45. The maximum atomic E-state index is 12.1. The Balaban J connectivity index is 1.73. The van der Waals surface area contributed by atoms with Crippen molar-refractivity contribution in [1.29, 1.82) is 0 Å². The summed E-state index contributed by atoms with van der Waals surface area (Å²) in [6, 6.07) is 11.6. The molecule has 1 unspecified atom stereocenters. The number of carbonyl (C=O) groups is 1. The van der Waals surface area contributed by atoms with Gasteiger partial charge in [-0.25, -0.2) is 5.43 Å². The average molecular weight is 502 g/mol. The molecular formula is C25H32BrN3O3. The van der Waals surface area contributed by atoms with E-state index in [0.29, 0.717) is 11.7 Å². The summed E-state index contributed by atoms with van der Waals surface area (Å²) < 4.78 is 12.0. The molecule has 0 bridgehead atoms. The first-order chi connectivity index (χ1) is 15.2. The highest BCUT2D eigenvalue weighted by molar-refractivity contribution is 9.10. The molecular weight excluding hydrogens is 470 g/mol. The van der Waals surface area contributed by atoms with Crippen molar-refractivity contribution < 1.29 is 14.3 Å². The van der Waals surface area contributed by atoms with Crippen molar-refractivity contribution in [2.24, 2.45) is 5.10 Å². The predicted molar refractivity (Wildman–Crippen MR) is 133 cm³/mol. The highest BCUT2D eigenvalue weighted by Gasteiger charge is 2.36. The Hall–Kier alpha value is -2.54. The summed E-state index contributed by atoms with van der Waals surface area (Å²) in [5.74, 6) is 1.43. The first kappa shape index (κ1) is 24.1. The monoisotopic (exact) mass is 501 g/mol. The minimum atomic E-state index is -0.331. The lowest BCUT2D eigenvalue weighted by atomic mass is 9.79. The molecule has 2 aromatic carbocycles. The second-order valence-electron chi connectivity index (χ2n) is 8.76. The van der Waals surface area contributed by atoms with Crippen molar-refractivity contribution >= 4 is 33.7 Å². The van der Waals surface area contributed by atoms with E-state index in [4.69, 9.17) is 9.47 Å². The van der Waals surface area contributed by atoms with E-state index in [-0.39, 0.29) is 18.1 Å². The summed E-state index contributed by atoms with van der Waals surface area (Å²) in [4.78, 5) is 14.6. The Kier molecular flexibility index (Phi) is 7.82. The van der Waals surface area contributed by atoms with Gasteiger partial charge in [0.25, 0.3) is 5.91 Å². The highest BCUT2D eigenvalue weighted by atomic mass is 79.9. The normalized spacial score (nSPS) is 17.2. The standard InChI is InChI=1S/C25H32BrN3O3/c1-6-10-29-22-13-23(31-5)18(11-21(22)17(2)14-25(29,3)4)15-27-28-24(30)16-32-20-9-7-8-19(26)12-20/h7-9,11-13,15,17H,6,10,14,16H2,1-5H3,(H,28,30)/b27-15+. The molecule has 6 nitrogen and oxygen atoms in total. The number of halogens is 1. The SMILES string of the molecule is CCCN1c2cc(OC)c(/C=N/NC(=O)COc3cccc(Br)c3)cc2C(C)CC1(C)C. The van der Waals surface area contributed by atoms with Gasteiger partial charge in [0.05, 0.1) is 13.3 Å². The van der Waals surface area contributed by atoms with Crippen molar-refractivity contribution in [2.75, 3.05) is 25.2 Å². The molecule has 0 aliphatic carbocycles. The van der Waals surface area contributed by atoms with Crippen molar-refractivity contribution in [2.45, 2.75) is 52.0 Å². The number of hydrogen-bond donors (Lipinski definition) is 1. The summed E-state index contributed by atoms with van der Waals surface area (Å²) >= 11 is 3.38. The average Bonchev–Trinajstić information content (AvgIpc) is 2.74. The number of amides is 1. The zero-order chi connectivity index (χ0) is 23.3. The number of rotatable bonds is 8. The number of fused-ring (bicyclic) bond motifs is 1. The van der Waals surface area contributed by atoms with Gasteiger partial charge in [-0.05, 0) is 62.4 Å². The number of carbonyl (C=O) groups excluding carboxylic acids is 1. The fourth-order valence-electron chi connectivity index (χ4n) is 4.36. The molecule has 2 aromatic rings. The molecule has 1 heterocycles. The third-order valence-corrected chi connectivity index (χ3v) is 6.24. The van der Waals surface area contributed by atoms with Crippen molar-refractivity contribution in [3.05, 3.63) is 52.0 Å². The predicted octanol–water partition coefficient (Wildman–Crippen LogP) is 5.49. The van der Waals surface area contributed by atoms with E-state index in [2.05, 4.69) is 71.2 Å². The van der Waals surface area contributed by atoms with Crippen LogP contribution < -0.4 is 19.8 Å². The second-order valence-corrected chi connectivity index (χ2v) is 9.68. The van der Waals surface area contributed by atoms with E-state index in [9.17, 15) is 4.79 Å². The molecule has 1 aliphatic rings. The Morgan fingerprint density at radius 3 is 2.81 bits per heavy atom. The van der Waals surface area contributed by atoms with Crippen LogP contribution in [0.1, 0.15) is 57.6 Å². The van der Waals surface area contributed by atoms with Crippen LogP contribution in [0.2, 0.25) is 0 Å². The number of anilines is 1. The number of hydrazone groups is 1. The van der Waals surface area contributed by atoms with Gasteiger partial charge in [0.1, 0.15) is 11.5 Å². The van der Waals surface area contributed by atoms with Crippen LogP contribution in [0.25, 0.3) is 0 Å². The number of nitrogens with one attached hydrogen (secondary N) is 1. The van der Waals surface area contributed by atoms with Crippen LogP contribution in [-0.2, 0) is 4.79 Å². The summed E-state index contributed by atoms with van der Waals surface area (Å²) in [5.41, 5.74) is 5.95. The summed E-state index contributed by atoms with van der Waals surface area (Å²) in [6.07, 6.45) is 3.79.